The molecule has 0 spiro atoms. The van der Waals surface area contributed by atoms with Crippen molar-refractivity contribution >= 4 is 0 Å². The van der Waals surface area contributed by atoms with Crippen molar-refractivity contribution in [1.82, 2.24) is 0 Å². The van der Waals surface area contributed by atoms with Crippen LogP contribution < -0.4 is 0 Å². The molecule has 0 fully saturated rings. The summed E-state index contributed by atoms with van der Waals surface area (Å²) in [6, 6.07) is 0. The van der Waals surface area contributed by atoms with Gasteiger partial charge < -0.3 is 0 Å². The summed E-state index contributed by atoms with van der Waals surface area (Å²) in [6.45, 7) is 11.1. The molecule has 0 saturated heterocycles. The molecule has 0 heteroatoms. The summed E-state index contributed by atoms with van der Waals surface area (Å²) in [7, 11) is 0. The summed E-state index contributed by atoms with van der Waals surface area (Å²) in [6.07, 6.45) is 5.46. The van der Waals surface area contributed by atoms with Crippen molar-refractivity contribution in [2.24, 2.45) is 23.7 Å². The Bertz CT molecular complexity index is 137. The predicted octanol–water partition coefficient (Wildman–Crippen LogP) is 3.18. The molecule has 0 heterocycles. The number of terminal acetylenes is 1. The minimum atomic E-state index is 0.440. The molecule has 0 aliphatic carbocycles. The molecular formula is C11H20. The van der Waals surface area contributed by atoms with E-state index in [0.29, 0.717) is 23.7 Å². The molecule has 0 aliphatic rings. The quantitative estimate of drug-likeness (QED) is 0.545. The van der Waals surface area contributed by atoms with Gasteiger partial charge in [-0.3, -0.25) is 0 Å². The van der Waals surface area contributed by atoms with E-state index in [9.17, 15) is 0 Å². The fraction of sp³-hybridized carbons (Fsp3) is 0.818. The molecule has 0 N–H and O–H groups in total. The normalized spacial score (nSPS) is 16.5. The molecule has 2 atom stereocenters. The summed E-state index contributed by atoms with van der Waals surface area (Å²) >= 11 is 0. The van der Waals surface area contributed by atoms with Crippen molar-refractivity contribution < 1.29 is 0 Å². The van der Waals surface area contributed by atoms with Gasteiger partial charge >= 0.3 is 0 Å². The lowest BCUT2D eigenvalue weighted by atomic mass is 9.79. The molecule has 0 aliphatic heterocycles. The van der Waals surface area contributed by atoms with Gasteiger partial charge in [-0.1, -0.05) is 34.6 Å². The standard InChI is InChI=1S/C11H20/c1-7-11(9(4)5)10(6)8(2)3/h1,8-11H,2-6H3. The van der Waals surface area contributed by atoms with E-state index in [0.717, 1.165) is 0 Å². The molecule has 64 valence electrons. The molecule has 0 rings (SSSR count). The minimum absolute atomic E-state index is 0.440. The first-order valence-corrected chi connectivity index (χ1v) is 4.46. The van der Waals surface area contributed by atoms with Crippen LogP contribution in [0.3, 0.4) is 0 Å². The Kier molecular flexibility index (Phi) is 4.26. The maximum absolute atomic E-state index is 5.46. The van der Waals surface area contributed by atoms with Gasteiger partial charge in [0.05, 0.1) is 0 Å². The van der Waals surface area contributed by atoms with Crippen LogP contribution in [0.1, 0.15) is 34.6 Å². The molecule has 0 radical (unpaired) electrons. The fourth-order valence-corrected chi connectivity index (χ4v) is 1.37. The first-order chi connectivity index (χ1) is 5.00. The highest BCUT2D eigenvalue weighted by molar-refractivity contribution is 4.97. The third-order valence-corrected chi connectivity index (χ3v) is 2.53. The molecule has 0 amide bonds. The Morgan fingerprint density at radius 1 is 0.909 bits per heavy atom. The van der Waals surface area contributed by atoms with Crippen LogP contribution in [0.2, 0.25) is 0 Å². The van der Waals surface area contributed by atoms with Crippen molar-refractivity contribution in [2.45, 2.75) is 34.6 Å². The van der Waals surface area contributed by atoms with Gasteiger partial charge in [-0.25, -0.2) is 0 Å². The highest BCUT2D eigenvalue weighted by atomic mass is 14.2. The van der Waals surface area contributed by atoms with Crippen molar-refractivity contribution in [2.75, 3.05) is 0 Å². The van der Waals surface area contributed by atoms with E-state index in [4.69, 9.17) is 6.42 Å². The van der Waals surface area contributed by atoms with Gasteiger partial charge in [0.15, 0.2) is 0 Å². The zero-order valence-electron chi connectivity index (χ0n) is 8.39. The molecule has 2 unspecified atom stereocenters. The monoisotopic (exact) mass is 152 g/mol. The predicted molar refractivity (Wildman–Crippen MR) is 51.2 cm³/mol. The molecule has 0 bridgehead atoms. The smallest absolute Gasteiger partial charge is 0.0251 e. The second kappa shape index (κ2) is 4.44. The highest BCUT2D eigenvalue weighted by Crippen LogP contribution is 2.25. The van der Waals surface area contributed by atoms with Crippen molar-refractivity contribution in [3.05, 3.63) is 0 Å². The topological polar surface area (TPSA) is 0 Å². The van der Waals surface area contributed by atoms with E-state index in [2.05, 4.69) is 40.5 Å². The summed E-state index contributed by atoms with van der Waals surface area (Å²) in [5.41, 5.74) is 0. The van der Waals surface area contributed by atoms with Gasteiger partial charge in [-0.15, -0.1) is 12.3 Å². The molecule has 0 aromatic rings. The summed E-state index contributed by atoms with van der Waals surface area (Å²) in [5, 5.41) is 0. The van der Waals surface area contributed by atoms with Crippen LogP contribution in [0.5, 0.6) is 0 Å². The summed E-state index contributed by atoms with van der Waals surface area (Å²) in [4.78, 5) is 0. The molecular weight excluding hydrogens is 132 g/mol. The second-order valence-corrected chi connectivity index (χ2v) is 4.04. The second-order valence-electron chi connectivity index (χ2n) is 4.04. The lowest BCUT2D eigenvalue weighted by Crippen LogP contribution is -2.20. The van der Waals surface area contributed by atoms with Crippen LogP contribution in [0.15, 0.2) is 0 Å². The first-order valence-electron chi connectivity index (χ1n) is 4.46. The third-order valence-electron chi connectivity index (χ3n) is 2.53. The lowest BCUT2D eigenvalue weighted by molar-refractivity contribution is 0.274. The Labute approximate surface area is 71.4 Å². The maximum Gasteiger partial charge on any atom is 0.0251 e. The average molecular weight is 152 g/mol. The largest absolute Gasteiger partial charge is 0.120 e. The fourth-order valence-electron chi connectivity index (χ4n) is 1.37. The number of hydrogen-bond donors (Lipinski definition) is 0. The number of hydrogen-bond acceptors (Lipinski definition) is 0. The van der Waals surface area contributed by atoms with Crippen molar-refractivity contribution in [1.29, 1.82) is 0 Å². The van der Waals surface area contributed by atoms with E-state index < -0.39 is 0 Å². The Balaban J connectivity index is 4.17. The van der Waals surface area contributed by atoms with E-state index in [1.807, 2.05) is 0 Å². The van der Waals surface area contributed by atoms with Crippen LogP contribution in [0.4, 0.5) is 0 Å². The maximum atomic E-state index is 5.46. The first kappa shape index (κ1) is 10.6. The Morgan fingerprint density at radius 3 is 1.45 bits per heavy atom. The van der Waals surface area contributed by atoms with Crippen LogP contribution in [-0.2, 0) is 0 Å². The van der Waals surface area contributed by atoms with Crippen LogP contribution in [0.25, 0.3) is 0 Å². The van der Waals surface area contributed by atoms with Gasteiger partial charge in [0.2, 0.25) is 0 Å². The SMILES string of the molecule is C#CC(C(C)C)C(C)C(C)C. The summed E-state index contributed by atoms with van der Waals surface area (Å²) < 4.78 is 0. The zero-order chi connectivity index (χ0) is 9.02. The minimum Gasteiger partial charge on any atom is -0.120 e. The van der Waals surface area contributed by atoms with Crippen LogP contribution >= 0.6 is 0 Å². The Morgan fingerprint density at radius 2 is 1.36 bits per heavy atom. The average Bonchev–Trinajstić information content (AvgIpc) is 1.88. The summed E-state index contributed by atoms with van der Waals surface area (Å²) in [5.74, 6) is 5.26. The van der Waals surface area contributed by atoms with Crippen LogP contribution in [-0.4, -0.2) is 0 Å². The number of rotatable bonds is 3. The van der Waals surface area contributed by atoms with E-state index >= 15 is 0 Å². The highest BCUT2D eigenvalue weighted by Gasteiger charge is 2.20. The van der Waals surface area contributed by atoms with Gasteiger partial charge in [0, 0.05) is 5.92 Å². The van der Waals surface area contributed by atoms with Crippen molar-refractivity contribution in [3.63, 3.8) is 0 Å². The van der Waals surface area contributed by atoms with Crippen LogP contribution in [0, 0.1) is 36.0 Å². The molecule has 0 aromatic carbocycles. The Hall–Kier alpha value is -0.440. The zero-order valence-corrected chi connectivity index (χ0v) is 8.39. The third kappa shape index (κ3) is 2.97. The molecule has 11 heavy (non-hydrogen) atoms. The molecule has 0 saturated carbocycles. The van der Waals surface area contributed by atoms with E-state index in [1.54, 1.807) is 0 Å². The van der Waals surface area contributed by atoms with Gasteiger partial charge in [-0.05, 0) is 17.8 Å². The van der Waals surface area contributed by atoms with E-state index in [-0.39, 0.29) is 0 Å². The van der Waals surface area contributed by atoms with E-state index in [1.165, 1.54) is 0 Å². The lowest BCUT2D eigenvalue weighted by Gasteiger charge is -2.25. The van der Waals surface area contributed by atoms with Gasteiger partial charge in [0.25, 0.3) is 0 Å². The molecule has 0 nitrogen and oxygen atoms in total. The molecule has 0 aromatic heterocycles. The van der Waals surface area contributed by atoms with Crippen molar-refractivity contribution in [3.8, 4) is 12.3 Å². The van der Waals surface area contributed by atoms with Gasteiger partial charge in [-0.2, -0.15) is 0 Å². The van der Waals surface area contributed by atoms with Gasteiger partial charge in [0.1, 0.15) is 0 Å².